The third-order valence-electron chi connectivity index (χ3n) is 1.56. The van der Waals surface area contributed by atoms with E-state index in [2.05, 4.69) is 0 Å². The highest BCUT2D eigenvalue weighted by atomic mass is 32.2. The van der Waals surface area contributed by atoms with Gasteiger partial charge in [-0.3, -0.25) is 0 Å². The maximum Gasteiger partial charge on any atom is 0.445 e. The van der Waals surface area contributed by atoms with Crippen molar-refractivity contribution in [2.24, 2.45) is 0 Å². The molecule has 68 valence electrons. The van der Waals surface area contributed by atoms with Gasteiger partial charge in [-0.1, -0.05) is 17.7 Å². The SMILES string of the molecule is FC(F)(F)S/C=C/C1=CCCC1. The molecule has 0 saturated heterocycles. The Kier molecular flexibility index (Phi) is 3.26. The van der Waals surface area contributed by atoms with Crippen LogP contribution in [0.1, 0.15) is 19.3 Å². The molecule has 0 atom stereocenters. The predicted molar refractivity (Wildman–Crippen MR) is 44.7 cm³/mol. The molecule has 1 aliphatic rings. The third-order valence-corrected chi connectivity index (χ3v) is 2.10. The molecule has 0 N–H and O–H groups in total. The highest BCUT2D eigenvalue weighted by Gasteiger charge is 2.26. The third kappa shape index (κ3) is 3.85. The van der Waals surface area contributed by atoms with Crippen molar-refractivity contribution in [1.82, 2.24) is 0 Å². The van der Waals surface area contributed by atoms with Crippen LogP contribution < -0.4 is 0 Å². The lowest BCUT2D eigenvalue weighted by Gasteiger charge is -1.99. The molecule has 0 radical (unpaired) electrons. The summed E-state index contributed by atoms with van der Waals surface area (Å²) in [5, 5.41) is 1.11. The van der Waals surface area contributed by atoms with Gasteiger partial charge in [0.1, 0.15) is 0 Å². The Morgan fingerprint density at radius 1 is 1.42 bits per heavy atom. The number of thioether (sulfide) groups is 1. The molecule has 0 amide bonds. The van der Waals surface area contributed by atoms with Crippen molar-refractivity contribution in [3.63, 3.8) is 0 Å². The van der Waals surface area contributed by atoms with Crippen LogP contribution in [0.5, 0.6) is 0 Å². The van der Waals surface area contributed by atoms with Gasteiger partial charge in [-0.05, 0) is 36.4 Å². The van der Waals surface area contributed by atoms with Crippen LogP contribution in [0, 0.1) is 0 Å². The summed E-state index contributed by atoms with van der Waals surface area (Å²) in [5.74, 6) is 0. The van der Waals surface area contributed by atoms with Crippen LogP contribution >= 0.6 is 11.8 Å². The minimum absolute atomic E-state index is 0.101. The average Bonchev–Trinajstić information content (AvgIpc) is 2.36. The molecule has 0 aromatic rings. The molecule has 0 unspecified atom stereocenters. The largest absolute Gasteiger partial charge is 0.445 e. The topological polar surface area (TPSA) is 0 Å². The lowest BCUT2D eigenvalue weighted by Crippen LogP contribution is -1.96. The summed E-state index contributed by atoms with van der Waals surface area (Å²) < 4.78 is 34.9. The minimum atomic E-state index is -4.14. The lowest BCUT2D eigenvalue weighted by atomic mass is 10.2. The summed E-state index contributed by atoms with van der Waals surface area (Å²) in [5.41, 5.74) is -3.12. The first-order valence-corrected chi connectivity index (χ1v) is 4.56. The van der Waals surface area contributed by atoms with E-state index in [4.69, 9.17) is 0 Å². The van der Waals surface area contributed by atoms with E-state index in [-0.39, 0.29) is 11.8 Å². The molecule has 0 spiro atoms. The average molecular weight is 194 g/mol. The monoisotopic (exact) mass is 194 g/mol. The predicted octanol–water partition coefficient (Wildman–Crippen LogP) is 3.86. The van der Waals surface area contributed by atoms with E-state index < -0.39 is 5.51 Å². The van der Waals surface area contributed by atoms with E-state index in [0.717, 1.165) is 30.2 Å². The number of hydrogen-bond acceptors (Lipinski definition) is 1. The van der Waals surface area contributed by atoms with E-state index in [9.17, 15) is 13.2 Å². The molecule has 1 rings (SSSR count). The quantitative estimate of drug-likeness (QED) is 0.643. The molecule has 0 heterocycles. The van der Waals surface area contributed by atoms with Crippen LogP contribution in [0.25, 0.3) is 0 Å². The Balaban J connectivity index is 2.30. The second kappa shape index (κ2) is 4.03. The first-order chi connectivity index (χ1) is 5.58. The van der Waals surface area contributed by atoms with Crippen molar-refractivity contribution in [3.05, 3.63) is 23.1 Å². The van der Waals surface area contributed by atoms with Gasteiger partial charge in [-0.15, -0.1) is 0 Å². The van der Waals surface area contributed by atoms with Crippen molar-refractivity contribution < 1.29 is 13.2 Å². The Labute approximate surface area is 73.5 Å². The molecular formula is C8H9F3S. The van der Waals surface area contributed by atoms with Crippen LogP contribution in [-0.4, -0.2) is 5.51 Å². The second-order valence-electron chi connectivity index (χ2n) is 2.54. The zero-order valence-corrected chi connectivity index (χ0v) is 7.21. The number of allylic oxidation sites excluding steroid dienone is 3. The number of alkyl halides is 3. The van der Waals surface area contributed by atoms with E-state index in [1.807, 2.05) is 6.08 Å². The van der Waals surface area contributed by atoms with Gasteiger partial charge in [0.2, 0.25) is 0 Å². The number of halogens is 3. The highest BCUT2D eigenvalue weighted by molar-refractivity contribution is 8.02. The van der Waals surface area contributed by atoms with Crippen molar-refractivity contribution >= 4 is 11.8 Å². The lowest BCUT2D eigenvalue weighted by molar-refractivity contribution is -0.0319. The molecule has 0 aromatic heterocycles. The molecule has 0 bridgehead atoms. The summed E-state index contributed by atoms with van der Waals surface area (Å²) in [6, 6.07) is 0. The molecule has 12 heavy (non-hydrogen) atoms. The Hall–Kier alpha value is -0.380. The highest BCUT2D eigenvalue weighted by Crippen LogP contribution is 2.31. The van der Waals surface area contributed by atoms with Crippen LogP contribution in [0.3, 0.4) is 0 Å². The van der Waals surface area contributed by atoms with Crippen LogP contribution in [0.2, 0.25) is 0 Å². The van der Waals surface area contributed by atoms with Crippen LogP contribution in [0.4, 0.5) is 13.2 Å². The summed E-state index contributed by atoms with van der Waals surface area (Å²) in [7, 11) is 0. The van der Waals surface area contributed by atoms with Crippen LogP contribution in [0.15, 0.2) is 23.1 Å². The molecule has 0 aromatic carbocycles. The maximum atomic E-state index is 11.6. The Morgan fingerprint density at radius 2 is 2.17 bits per heavy atom. The first kappa shape index (κ1) is 9.71. The summed E-state index contributed by atoms with van der Waals surface area (Å²) in [4.78, 5) is 0. The van der Waals surface area contributed by atoms with Crippen LogP contribution in [-0.2, 0) is 0 Å². The normalized spacial score (nSPS) is 18.8. The van der Waals surface area contributed by atoms with Gasteiger partial charge >= 0.3 is 5.51 Å². The van der Waals surface area contributed by atoms with E-state index in [1.54, 1.807) is 6.08 Å². The van der Waals surface area contributed by atoms with Crippen molar-refractivity contribution in [1.29, 1.82) is 0 Å². The Bertz CT molecular complexity index is 203. The van der Waals surface area contributed by atoms with Crippen molar-refractivity contribution in [2.75, 3.05) is 0 Å². The molecular weight excluding hydrogens is 185 g/mol. The van der Waals surface area contributed by atoms with E-state index in [1.165, 1.54) is 0 Å². The number of hydrogen-bond donors (Lipinski definition) is 0. The maximum absolute atomic E-state index is 11.6. The second-order valence-corrected chi connectivity index (χ2v) is 3.51. The molecule has 4 heteroatoms. The van der Waals surface area contributed by atoms with Crippen molar-refractivity contribution in [2.45, 2.75) is 24.8 Å². The van der Waals surface area contributed by atoms with Gasteiger partial charge in [0.15, 0.2) is 0 Å². The zero-order valence-electron chi connectivity index (χ0n) is 6.40. The fourth-order valence-electron chi connectivity index (χ4n) is 1.05. The number of rotatable bonds is 2. The van der Waals surface area contributed by atoms with Crippen molar-refractivity contribution in [3.8, 4) is 0 Å². The fourth-order valence-corrected chi connectivity index (χ4v) is 1.44. The van der Waals surface area contributed by atoms with Gasteiger partial charge in [-0.2, -0.15) is 13.2 Å². The van der Waals surface area contributed by atoms with Gasteiger partial charge in [-0.25, -0.2) is 0 Å². The Morgan fingerprint density at radius 3 is 2.67 bits per heavy atom. The van der Waals surface area contributed by atoms with Gasteiger partial charge in [0.25, 0.3) is 0 Å². The smallest absolute Gasteiger partial charge is 0.160 e. The summed E-state index contributed by atoms with van der Waals surface area (Å²) in [6.07, 6.45) is 6.50. The zero-order chi connectivity index (χ0) is 9.03. The molecule has 0 aliphatic heterocycles. The van der Waals surface area contributed by atoms with Gasteiger partial charge in [0, 0.05) is 0 Å². The van der Waals surface area contributed by atoms with Gasteiger partial charge in [0.05, 0.1) is 0 Å². The van der Waals surface area contributed by atoms with E-state index >= 15 is 0 Å². The summed E-state index contributed by atoms with van der Waals surface area (Å²) >= 11 is -0.101. The van der Waals surface area contributed by atoms with Gasteiger partial charge < -0.3 is 0 Å². The fraction of sp³-hybridized carbons (Fsp3) is 0.500. The standard InChI is InChI=1S/C8H9F3S/c9-8(10,11)12-6-5-7-3-1-2-4-7/h3,5-6H,1-2,4H2/b6-5+. The molecule has 1 aliphatic carbocycles. The molecule has 0 nitrogen and oxygen atoms in total. The van der Waals surface area contributed by atoms with E-state index in [0.29, 0.717) is 0 Å². The molecule has 0 fully saturated rings. The first-order valence-electron chi connectivity index (χ1n) is 3.68. The minimum Gasteiger partial charge on any atom is -0.160 e. The molecule has 0 saturated carbocycles. The summed E-state index contributed by atoms with van der Waals surface area (Å²) in [6.45, 7) is 0.